The molecule has 4 nitrogen and oxygen atoms in total. The van der Waals surface area contributed by atoms with Crippen LogP contribution in [-0.4, -0.2) is 18.5 Å². The molecule has 0 aromatic heterocycles. The van der Waals surface area contributed by atoms with Crippen LogP contribution >= 0.6 is 0 Å². The van der Waals surface area contributed by atoms with Gasteiger partial charge in [-0.1, -0.05) is 30.3 Å². The van der Waals surface area contributed by atoms with Gasteiger partial charge in [-0.2, -0.15) is 0 Å². The van der Waals surface area contributed by atoms with Crippen LogP contribution in [0.1, 0.15) is 23.5 Å². The number of hydrogen-bond donors (Lipinski definition) is 0. The van der Waals surface area contributed by atoms with E-state index in [2.05, 4.69) is 0 Å². The van der Waals surface area contributed by atoms with Gasteiger partial charge >= 0.3 is 5.97 Å². The highest BCUT2D eigenvalue weighted by atomic mass is 19.1. The number of cyclic esters (lactones) is 1. The lowest BCUT2D eigenvalue weighted by Gasteiger charge is -2.32. The molecule has 0 fully saturated rings. The first kappa shape index (κ1) is 15.6. The maximum absolute atomic E-state index is 14.3. The van der Waals surface area contributed by atoms with Gasteiger partial charge < -0.3 is 4.74 Å². The summed E-state index contributed by atoms with van der Waals surface area (Å²) in [6, 6.07) is 13.8. The summed E-state index contributed by atoms with van der Waals surface area (Å²) in [5, 5.41) is 0. The largest absolute Gasteiger partial charge is 0.456 e. The fourth-order valence-electron chi connectivity index (χ4n) is 3.54. The number of rotatable bonds is 2. The Balaban J connectivity index is 1.86. The zero-order valence-corrected chi connectivity index (χ0v) is 13.7. The number of carbonyl (C=O) groups excluding carboxylic acids is 2. The minimum absolute atomic E-state index is 0.0266. The smallest absolute Gasteiger partial charge is 0.336 e. The Morgan fingerprint density at radius 1 is 1.12 bits per heavy atom. The molecule has 0 N–H and O–H groups in total. The predicted octanol–water partition coefficient (Wildman–Crippen LogP) is 3.47. The van der Waals surface area contributed by atoms with Gasteiger partial charge in [-0.25, -0.2) is 9.18 Å². The topological polar surface area (TPSA) is 46.6 Å². The van der Waals surface area contributed by atoms with E-state index in [4.69, 9.17) is 4.74 Å². The quantitative estimate of drug-likeness (QED) is 0.789. The van der Waals surface area contributed by atoms with Crippen molar-refractivity contribution in [1.82, 2.24) is 0 Å². The average molecular weight is 337 g/mol. The molecule has 126 valence electrons. The molecule has 0 saturated heterocycles. The third-order valence-corrected chi connectivity index (χ3v) is 4.66. The molecule has 25 heavy (non-hydrogen) atoms. The highest BCUT2D eigenvalue weighted by molar-refractivity contribution is 6.06. The van der Waals surface area contributed by atoms with Crippen molar-refractivity contribution < 1.29 is 18.7 Å². The van der Waals surface area contributed by atoms with Gasteiger partial charge in [0.1, 0.15) is 12.4 Å². The highest BCUT2D eigenvalue weighted by Crippen LogP contribution is 2.42. The molecule has 2 aliphatic heterocycles. The molecule has 4 rings (SSSR count). The Morgan fingerprint density at radius 2 is 1.92 bits per heavy atom. The highest BCUT2D eigenvalue weighted by Gasteiger charge is 2.43. The van der Waals surface area contributed by atoms with Gasteiger partial charge in [-0.15, -0.1) is 0 Å². The first-order valence-electron chi connectivity index (χ1n) is 8.10. The van der Waals surface area contributed by atoms with E-state index >= 15 is 0 Å². The molecule has 5 heteroatoms. The minimum atomic E-state index is -0.611. The van der Waals surface area contributed by atoms with Crippen LogP contribution in [0.3, 0.4) is 0 Å². The number of carbonyl (C=O) groups is 2. The first-order chi connectivity index (χ1) is 12.1. The number of halogens is 1. The number of ether oxygens (including phenoxy) is 1. The SMILES string of the molecule is Cc1cccc(N2C(=O)CC(c3ccccc3F)C3=C2COC3=O)c1. The molecule has 1 unspecified atom stereocenters. The van der Waals surface area contributed by atoms with Crippen molar-refractivity contribution in [3.05, 3.63) is 76.7 Å². The molecule has 1 amide bonds. The van der Waals surface area contributed by atoms with E-state index in [1.165, 1.54) is 11.0 Å². The van der Waals surface area contributed by atoms with E-state index in [9.17, 15) is 14.0 Å². The van der Waals surface area contributed by atoms with E-state index in [0.29, 0.717) is 22.5 Å². The van der Waals surface area contributed by atoms with Gasteiger partial charge in [0, 0.05) is 18.0 Å². The van der Waals surface area contributed by atoms with Gasteiger partial charge in [-0.05, 0) is 36.2 Å². The summed E-state index contributed by atoms with van der Waals surface area (Å²) >= 11 is 0. The van der Waals surface area contributed by atoms with Crippen molar-refractivity contribution in [2.75, 3.05) is 11.5 Å². The second-order valence-electron chi connectivity index (χ2n) is 6.28. The van der Waals surface area contributed by atoms with Crippen LogP contribution in [0, 0.1) is 12.7 Å². The zero-order valence-electron chi connectivity index (χ0n) is 13.7. The van der Waals surface area contributed by atoms with Crippen LogP contribution in [0.4, 0.5) is 10.1 Å². The average Bonchev–Trinajstić information content (AvgIpc) is 2.96. The third kappa shape index (κ3) is 2.52. The molecule has 2 heterocycles. The van der Waals surface area contributed by atoms with Gasteiger partial charge in [0.25, 0.3) is 0 Å². The Kier molecular flexibility index (Phi) is 3.64. The minimum Gasteiger partial charge on any atom is -0.456 e. The van der Waals surface area contributed by atoms with Crippen LogP contribution in [0.15, 0.2) is 59.8 Å². The molecule has 0 bridgehead atoms. The van der Waals surface area contributed by atoms with E-state index < -0.39 is 17.7 Å². The molecule has 2 aromatic rings. The summed E-state index contributed by atoms with van der Waals surface area (Å²) < 4.78 is 19.5. The lowest BCUT2D eigenvalue weighted by Crippen LogP contribution is -2.37. The van der Waals surface area contributed by atoms with Gasteiger partial charge in [0.15, 0.2) is 0 Å². The molecule has 2 aliphatic rings. The van der Waals surface area contributed by atoms with Crippen LogP contribution < -0.4 is 4.90 Å². The molecular formula is C20H16FNO3. The fraction of sp³-hybridized carbons (Fsp3) is 0.200. The van der Waals surface area contributed by atoms with Crippen molar-refractivity contribution in [3.8, 4) is 0 Å². The summed E-state index contributed by atoms with van der Waals surface area (Å²) in [5.74, 6) is -1.68. The molecule has 2 aromatic carbocycles. The Hall–Kier alpha value is -2.95. The maximum Gasteiger partial charge on any atom is 0.336 e. The summed E-state index contributed by atoms with van der Waals surface area (Å²) in [6.45, 7) is 1.96. The zero-order chi connectivity index (χ0) is 17.6. The van der Waals surface area contributed by atoms with Crippen molar-refractivity contribution in [1.29, 1.82) is 0 Å². The van der Waals surface area contributed by atoms with Gasteiger partial charge in [-0.3, -0.25) is 9.69 Å². The summed E-state index contributed by atoms with van der Waals surface area (Å²) in [5.41, 5.74) is 2.95. The number of anilines is 1. The standard InChI is InChI=1S/C20H16FNO3/c1-12-5-4-6-13(9-12)22-17-11-25-20(24)19(17)15(10-18(22)23)14-7-2-3-8-16(14)21/h2-9,15H,10-11H2,1H3. The van der Waals surface area contributed by atoms with Crippen LogP contribution in [0.2, 0.25) is 0 Å². The summed E-state index contributed by atoms with van der Waals surface area (Å²) in [4.78, 5) is 26.7. The predicted molar refractivity (Wildman–Crippen MR) is 90.4 cm³/mol. The second-order valence-corrected chi connectivity index (χ2v) is 6.28. The Morgan fingerprint density at radius 3 is 2.68 bits per heavy atom. The number of nitrogens with zero attached hydrogens (tertiary/aromatic N) is 1. The van der Waals surface area contributed by atoms with E-state index in [-0.39, 0.29) is 18.9 Å². The van der Waals surface area contributed by atoms with Crippen molar-refractivity contribution in [2.45, 2.75) is 19.3 Å². The normalized spacial score (nSPS) is 19.9. The van der Waals surface area contributed by atoms with Crippen LogP contribution in [0.25, 0.3) is 0 Å². The second kappa shape index (κ2) is 5.84. The monoisotopic (exact) mass is 337 g/mol. The van der Waals surface area contributed by atoms with Gasteiger partial charge in [0.2, 0.25) is 5.91 Å². The van der Waals surface area contributed by atoms with Gasteiger partial charge in [0.05, 0.1) is 11.3 Å². The van der Waals surface area contributed by atoms with Crippen LogP contribution in [0.5, 0.6) is 0 Å². The third-order valence-electron chi connectivity index (χ3n) is 4.66. The lowest BCUT2D eigenvalue weighted by atomic mass is 9.84. The van der Waals surface area contributed by atoms with Crippen molar-refractivity contribution >= 4 is 17.6 Å². The molecule has 0 saturated carbocycles. The molecule has 1 atom stereocenters. The Bertz CT molecular complexity index is 919. The molecule has 0 radical (unpaired) electrons. The van der Waals surface area contributed by atoms with Crippen molar-refractivity contribution in [2.24, 2.45) is 0 Å². The lowest BCUT2D eigenvalue weighted by molar-refractivity contribution is -0.136. The maximum atomic E-state index is 14.3. The number of benzene rings is 2. The molecule has 0 spiro atoms. The number of hydrogen-bond acceptors (Lipinski definition) is 3. The Labute approximate surface area is 144 Å². The number of aryl methyl sites for hydroxylation is 1. The van der Waals surface area contributed by atoms with Crippen LogP contribution in [-0.2, 0) is 14.3 Å². The van der Waals surface area contributed by atoms with E-state index in [1.54, 1.807) is 18.2 Å². The van der Waals surface area contributed by atoms with E-state index in [1.807, 2.05) is 31.2 Å². The number of esters is 1. The fourth-order valence-corrected chi connectivity index (χ4v) is 3.54. The first-order valence-corrected chi connectivity index (χ1v) is 8.10. The summed E-state index contributed by atoms with van der Waals surface area (Å²) in [7, 11) is 0. The molecular weight excluding hydrogens is 321 g/mol. The van der Waals surface area contributed by atoms with Crippen molar-refractivity contribution in [3.63, 3.8) is 0 Å². The molecule has 0 aliphatic carbocycles. The van der Waals surface area contributed by atoms with E-state index in [0.717, 1.165) is 5.56 Å². The number of amides is 1. The summed E-state index contributed by atoms with van der Waals surface area (Å²) in [6.07, 6.45) is 0.0306.